The molecule has 2 aromatic rings. The predicted molar refractivity (Wildman–Crippen MR) is 85.4 cm³/mol. The molecule has 2 heterocycles. The van der Waals surface area contributed by atoms with Gasteiger partial charge in [-0.1, -0.05) is 6.92 Å². The van der Waals surface area contributed by atoms with E-state index in [9.17, 15) is 9.59 Å². The lowest BCUT2D eigenvalue weighted by molar-refractivity contribution is -0.118. The van der Waals surface area contributed by atoms with E-state index in [0.29, 0.717) is 21.5 Å². The lowest BCUT2D eigenvalue weighted by Gasteiger charge is -2.19. The summed E-state index contributed by atoms with van der Waals surface area (Å²) in [5, 5.41) is 4.65. The smallest absolute Gasteiger partial charge is 0.262 e. The molecule has 1 aromatic heterocycles. The Morgan fingerprint density at radius 1 is 1.48 bits per heavy atom. The molecule has 108 valence electrons. The van der Waals surface area contributed by atoms with Gasteiger partial charge in [0, 0.05) is 10.0 Å². The third-order valence-corrected chi connectivity index (χ3v) is 4.89. The van der Waals surface area contributed by atoms with Crippen LogP contribution in [0, 0.1) is 0 Å². The summed E-state index contributed by atoms with van der Waals surface area (Å²) in [5.41, 5.74) is 2.17. The maximum Gasteiger partial charge on any atom is 0.262 e. The summed E-state index contributed by atoms with van der Waals surface area (Å²) < 4.78 is 6.02. The van der Waals surface area contributed by atoms with Crippen molar-refractivity contribution in [3.05, 3.63) is 44.1 Å². The fourth-order valence-corrected chi connectivity index (χ4v) is 3.68. The van der Waals surface area contributed by atoms with E-state index in [0.717, 1.165) is 16.9 Å². The van der Waals surface area contributed by atoms with E-state index >= 15 is 0 Å². The third-order valence-electron chi connectivity index (χ3n) is 3.28. The molecule has 0 saturated carbocycles. The topological polar surface area (TPSA) is 55.4 Å². The van der Waals surface area contributed by atoms with Gasteiger partial charge in [-0.2, -0.15) is 0 Å². The summed E-state index contributed by atoms with van der Waals surface area (Å²) >= 11 is 4.85. The number of amides is 1. The lowest BCUT2D eigenvalue weighted by atomic mass is 10.0. The molecule has 0 bridgehead atoms. The van der Waals surface area contributed by atoms with Crippen LogP contribution in [0.2, 0.25) is 0 Å². The van der Waals surface area contributed by atoms with Crippen molar-refractivity contribution in [3.63, 3.8) is 0 Å². The van der Waals surface area contributed by atoms with Crippen LogP contribution >= 0.6 is 27.3 Å². The van der Waals surface area contributed by atoms with Crippen LogP contribution in [0.25, 0.3) is 0 Å². The first-order valence-electron chi connectivity index (χ1n) is 6.47. The van der Waals surface area contributed by atoms with Crippen molar-refractivity contribution in [3.8, 4) is 5.75 Å². The Morgan fingerprint density at radius 3 is 3.05 bits per heavy atom. The number of benzene rings is 1. The van der Waals surface area contributed by atoms with Gasteiger partial charge in [0.05, 0.1) is 10.6 Å². The van der Waals surface area contributed by atoms with Gasteiger partial charge in [0.15, 0.2) is 6.61 Å². The second kappa shape index (κ2) is 5.61. The Labute approximate surface area is 134 Å². The van der Waals surface area contributed by atoms with Crippen LogP contribution in [0.3, 0.4) is 0 Å². The Hall–Kier alpha value is -1.66. The minimum atomic E-state index is -0.194. The van der Waals surface area contributed by atoms with E-state index in [4.69, 9.17) is 4.74 Å². The van der Waals surface area contributed by atoms with Gasteiger partial charge in [-0.3, -0.25) is 9.59 Å². The molecule has 21 heavy (non-hydrogen) atoms. The number of rotatable bonds is 3. The molecule has 1 aromatic carbocycles. The number of hydrogen-bond acceptors (Lipinski definition) is 4. The average molecular weight is 366 g/mol. The van der Waals surface area contributed by atoms with Gasteiger partial charge in [0.2, 0.25) is 5.78 Å². The zero-order valence-electron chi connectivity index (χ0n) is 11.2. The van der Waals surface area contributed by atoms with Crippen LogP contribution in [-0.2, 0) is 11.2 Å². The maximum absolute atomic E-state index is 12.7. The van der Waals surface area contributed by atoms with Gasteiger partial charge >= 0.3 is 0 Å². The number of aryl methyl sites for hydroxylation is 1. The number of ketones is 1. The highest BCUT2D eigenvalue weighted by atomic mass is 79.9. The Bertz CT molecular complexity index is 739. The van der Waals surface area contributed by atoms with Crippen LogP contribution in [0.4, 0.5) is 5.69 Å². The molecule has 0 unspecified atom stereocenters. The number of carbonyl (C=O) groups is 2. The molecule has 1 N–H and O–H groups in total. The zero-order chi connectivity index (χ0) is 15.0. The molecule has 0 fully saturated rings. The Balaban J connectivity index is 2.03. The minimum absolute atomic E-state index is 0.0263. The number of carbonyl (C=O) groups excluding carboxylic acids is 2. The molecular formula is C15H12BrNO3S. The van der Waals surface area contributed by atoms with Crippen LogP contribution in [0.15, 0.2) is 28.1 Å². The van der Waals surface area contributed by atoms with Crippen molar-refractivity contribution >= 4 is 44.6 Å². The van der Waals surface area contributed by atoms with Crippen molar-refractivity contribution in [1.29, 1.82) is 0 Å². The molecule has 0 radical (unpaired) electrons. The number of nitrogens with one attached hydrogen (secondary N) is 1. The average Bonchev–Trinajstić information content (AvgIpc) is 2.94. The van der Waals surface area contributed by atoms with Gasteiger partial charge in [-0.25, -0.2) is 0 Å². The minimum Gasteiger partial charge on any atom is -0.482 e. The van der Waals surface area contributed by atoms with E-state index in [2.05, 4.69) is 21.2 Å². The normalized spacial score (nSPS) is 13.3. The number of anilines is 1. The zero-order valence-corrected chi connectivity index (χ0v) is 13.6. The Kier molecular flexibility index (Phi) is 3.82. The van der Waals surface area contributed by atoms with E-state index in [1.807, 2.05) is 18.4 Å². The first kappa shape index (κ1) is 14.3. The van der Waals surface area contributed by atoms with Crippen molar-refractivity contribution in [2.45, 2.75) is 13.3 Å². The fourth-order valence-electron chi connectivity index (χ4n) is 2.21. The highest BCUT2D eigenvalue weighted by molar-refractivity contribution is 9.10. The summed E-state index contributed by atoms with van der Waals surface area (Å²) in [6, 6.07) is 5.36. The van der Waals surface area contributed by atoms with E-state index < -0.39 is 0 Å². The number of thiophene rings is 1. The fraction of sp³-hybridized carbons (Fsp3) is 0.200. The van der Waals surface area contributed by atoms with E-state index in [-0.39, 0.29) is 18.3 Å². The highest BCUT2D eigenvalue weighted by Gasteiger charge is 2.23. The van der Waals surface area contributed by atoms with E-state index in [1.54, 1.807) is 12.1 Å². The summed E-state index contributed by atoms with van der Waals surface area (Å²) in [6.07, 6.45) is 0.819. The van der Waals surface area contributed by atoms with Crippen molar-refractivity contribution < 1.29 is 14.3 Å². The number of halogens is 1. The quantitative estimate of drug-likeness (QED) is 0.844. The molecule has 3 rings (SSSR count). The molecular weight excluding hydrogens is 354 g/mol. The van der Waals surface area contributed by atoms with Crippen LogP contribution in [0.1, 0.15) is 27.7 Å². The summed E-state index contributed by atoms with van der Waals surface area (Å²) in [6.45, 7) is 2.00. The van der Waals surface area contributed by atoms with Crippen molar-refractivity contribution in [2.24, 2.45) is 0 Å². The van der Waals surface area contributed by atoms with Crippen LogP contribution < -0.4 is 10.1 Å². The molecule has 0 aliphatic carbocycles. The van der Waals surface area contributed by atoms with Crippen LogP contribution in [0.5, 0.6) is 5.75 Å². The second-order valence-electron chi connectivity index (χ2n) is 4.62. The molecule has 4 nitrogen and oxygen atoms in total. The third kappa shape index (κ3) is 2.61. The van der Waals surface area contributed by atoms with Crippen molar-refractivity contribution in [2.75, 3.05) is 11.9 Å². The standard InChI is InChI=1S/C15H12BrNO3S/c1-2-8-3-4-21-15(8)14(19)9-5-12-11(6-10(9)16)17-13(18)7-20-12/h3-6H,2,7H2,1H3,(H,17,18). The first-order chi connectivity index (χ1) is 10.1. The van der Waals surface area contributed by atoms with Gasteiger partial charge in [-0.05, 0) is 51.5 Å². The molecule has 6 heteroatoms. The van der Waals surface area contributed by atoms with E-state index in [1.165, 1.54) is 11.3 Å². The number of fused-ring (bicyclic) bond motifs is 1. The van der Waals surface area contributed by atoms with Crippen LogP contribution in [-0.4, -0.2) is 18.3 Å². The van der Waals surface area contributed by atoms with Gasteiger partial charge in [-0.15, -0.1) is 11.3 Å². The van der Waals surface area contributed by atoms with Gasteiger partial charge < -0.3 is 10.1 Å². The van der Waals surface area contributed by atoms with Gasteiger partial charge in [0.25, 0.3) is 5.91 Å². The Morgan fingerprint density at radius 2 is 2.29 bits per heavy atom. The SMILES string of the molecule is CCc1ccsc1C(=O)c1cc2c(cc1Br)NC(=O)CO2. The first-order valence-corrected chi connectivity index (χ1v) is 8.14. The summed E-state index contributed by atoms with van der Waals surface area (Å²) in [4.78, 5) is 24.8. The molecule has 1 aliphatic rings. The summed E-state index contributed by atoms with van der Waals surface area (Å²) in [7, 11) is 0. The maximum atomic E-state index is 12.7. The monoisotopic (exact) mass is 365 g/mol. The predicted octanol–water partition coefficient (Wildman–Crippen LogP) is 3.63. The van der Waals surface area contributed by atoms with Gasteiger partial charge in [0.1, 0.15) is 5.75 Å². The molecule has 1 aliphatic heterocycles. The van der Waals surface area contributed by atoms with Crippen molar-refractivity contribution in [1.82, 2.24) is 0 Å². The number of ether oxygens (including phenoxy) is 1. The summed E-state index contributed by atoms with van der Waals surface area (Å²) in [5.74, 6) is 0.299. The molecule has 0 saturated heterocycles. The number of hydrogen-bond donors (Lipinski definition) is 1. The largest absolute Gasteiger partial charge is 0.482 e. The molecule has 0 atom stereocenters. The second-order valence-corrected chi connectivity index (χ2v) is 6.39. The molecule has 0 spiro atoms. The lowest BCUT2D eigenvalue weighted by Crippen LogP contribution is -2.25. The molecule has 1 amide bonds. The highest BCUT2D eigenvalue weighted by Crippen LogP contribution is 2.35.